The summed E-state index contributed by atoms with van der Waals surface area (Å²) in [5.74, 6) is 0.438. The molecule has 0 bridgehead atoms. The third-order valence-corrected chi connectivity index (χ3v) is 8.90. The van der Waals surface area contributed by atoms with Crippen LogP contribution in [0.25, 0.3) is 27.9 Å². The van der Waals surface area contributed by atoms with Crippen LogP contribution in [0.1, 0.15) is 68.3 Å². The van der Waals surface area contributed by atoms with Crippen LogP contribution in [0.3, 0.4) is 0 Å². The summed E-state index contributed by atoms with van der Waals surface area (Å²) in [6.07, 6.45) is 5.01. The molecule has 0 aliphatic carbocycles. The molecule has 0 N–H and O–H groups in total. The number of methoxy groups -OCH3 is 1. The van der Waals surface area contributed by atoms with Crippen molar-refractivity contribution in [1.82, 2.24) is 14.4 Å². The van der Waals surface area contributed by atoms with Gasteiger partial charge in [0.2, 0.25) is 5.91 Å². The molecule has 0 saturated heterocycles. The maximum Gasteiger partial charge on any atom is 0.261 e. The second-order valence-corrected chi connectivity index (χ2v) is 11.3. The van der Waals surface area contributed by atoms with Crippen LogP contribution < -0.4 is 4.74 Å². The molecule has 3 amide bonds. The highest BCUT2D eigenvalue weighted by Crippen LogP contribution is 2.44. The average molecular weight is 595 g/mol. The third kappa shape index (κ3) is 4.47. The number of alkyl halides is 1. The van der Waals surface area contributed by atoms with E-state index in [9.17, 15) is 19.6 Å². The first kappa shape index (κ1) is 28.5. The number of amides is 3. The van der Waals surface area contributed by atoms with Crippen LogP contribution in [0.15, 0.2) is 48.7 Å². The maximum absolute atomic E-state index is 13.0. The molecule has 3 heterocycles. The summed E-state index contributed by atoms with van der Waals surface area (Å²) < 4.78 is 7.81. The molecule has 1 unspecified atom stereocenters. The number of fused-ring (bicyclic) bond motifs is 5. The van der Waals surface area contributed by atoms with E-state index in [1.54, 1.807) is 37.6 Å². The summed E-state index contributed by atoms with van der Waals surface area (Å²) >= 11 is 5.84. The van der Waals surface area contributed by atoms with Gasteiger partial charge in [-0.3, -0.25) is 24.2 Å². The Morgan fingerprint density at radius 1 is 1.02 bits per heavy atom. The zero-order chi connectivity index (χ0) is 30.4. The van der Waals surface area contributed by atoms with Gasteiger partial charge in [0.15, 0.2) is 0 Å². The summed E-state index contributed by atoms with van der Waals surface area (Å²) in [6.45, 7) is 4.91. The molecular weight excluding hydrogens is 564 g/mol. The van der Waals surface area contributed by atoms with Gasteiger partial charge in [-0.1, -0.05) is 12.1 Å². The number of halogens is 1. The highest BCUT2D eigenvalue weighted by molar-refractivity contribution is 6.21. The maximum atomic E-state index is 13.0. The number of imide groups is 1. The van der Waals surface area contributed by atoms with E-state index in [1.165, 1.54) is 9.80 Å². The molecular formula is C34H31ClN4O4. The smallest absolute Gasteiger partial charge is 0.261 e. The molecule has 1 aromatic heterocycles. The fourth-order valence-corrected chi connectivity index (χ4v) is 6.74. The highest BCUT2D eigenvalue weighted by Gasteiger charge is 2.35. The van der Waals surface area contributed by atoms with Gasteiger partial charge in [-0.15, -0.1) is 11.6 Å². The first-order valence-electron chi connectivity index (χ1n) is 14.4. The number of hydrogen-bond donors (Lipinski definition) is 0. The van der Waals surface area contributed by atoms with Crippen molar-refractivity contribution in [2.45, 2.75) is 45.7 Å². The van der Waals surface area contributed by atoms with Gasteiger partial charge in [0.1, 0.15) is 11.8 Å². The van der Waals surface area contributed by atoms with Gasteiger partial charge in [0.25, 0.3) is 11.8 Å². The fraction of sp³-hybridized carbons (Fsp3) is 0.294. The first-order valence-corrected chi connectivity index (χ1v) is 14.9. The Bertz CT molecular complexity index is 1870. The Morgan fingerprint density at radius 2 is 1.74 bits per heavy atom. The van der Waals surface area contributed by atoms with Crippen molar-refractivity contribution < 1.29 is 19.1 Å². The molecule has 4 aromatic rings. The van der Waals surface area contributed by atoms with E-state index < -0.39 is 6.04 Å². The predicted octanol–water partition coefficient (Wildman–Crippen LogP) is 6.50. The molecule has 1 atom stereocenters. The van der Waals surface area contributed by atoms with Crippen LogP contribution in [0, 0.1) is 25.2 Å². The van der Waals surface area contributed by atoms with E-state index in [4.69, 9.17) is 16.3 Å². The zero-order valence-electron chi connectivity index (χ0n) is 24.3. The number of rotatable bonds is 8. The molecule has 0 radical (unpaired) electrons. The normalized spacial score (nSPS) is 15.7. The molecule has 9 heteroatoms. The number of ether oxygens (including phenoxy) is 1. The number of nitrogens with zero attached hydrogens (tertiary/aromatic N) is 4. The second kappa shape index (κ2) is 11.2. The Kier molecular flexibility index (Phi) is 7.45. The number of aryl methyl sites for hydroxylation is 3. The zero-order valence-corrected chi connectivity index (χ0v) is 25.1. The Hall–Kier alpha value is -4.61. The van der Waals surface area contributed by atoms with Crippen LogP contribution in [0.4, 0.5) is 0 Å². The van der Waals surface area contributed by atoms with Crippen molar-refractivity contribution in [2.24, 2.45) is 0 Å². The highest BCUT2D eigenvalue weighted by atomic mass is 35.5. The minimum atomic E-state index is -0.760. The lowest BCUT2D eigenvalue weighted by Crippen LogP contribution is -2.32. The van der Waals surface area contributed by atoms with Crippen LogP contribution >= 0.6 is 11.6 Å². The third-order valence-electron chi connectivity index (χ3n) is 8.63. The van der Waals surface area contributed by atoms with Crippen LogP contribution in [-0.4, -0.2) is 51.6 Å². The topological polar surface area (TPSA) is 95.6 Å². The summed E-state index contributed by atoms with van der Waals surface area (Å²) in [6, 6.07) is 14.5. The number of benzene rings is 3. The summed E-state index contributed by atoms with van der Waals surface area (Å²) in [5, 5.41) is 12.3. The number of carbonyl (C=O) groups is 3. The van der Waals surface area contributed by atoms with Crippen molar-refractivity contribution in [3.63, 3.8) is 0 Å². The summed E-state index contributed by atoms with van der Waals surface area (Å²) in [4.78, 5) is 41.8. The van der Waals surface area contributed by atoms with Crippen molar-refractivity contribution in [3.05, 3.63) is 82.0 Å². The SMILES string of the molecule is COc1ccc2c(c1)c1c(C)c3c(c(C)c1n2CCCN1C(=O)c2ccccc2C1=O)C=CN(C(=O)CCCCl)C3C#N. The van der Waals surface area contributed by atoms with Crippen LogP contribution in [0.5, 0.6) is 5.75 Å². The molecule has 218 valence electrons. The lowest BCUT2D eigenvalue weighted by Gasteiger charge is -2.31. The Balaban J connectivity index is 1.44. The van der Waals surface area contributed by atoms with Gasteiger partial charge in [-0.25, -0.2) is 0 Å². The van der Waals surface area contributed by atoms with Crippen LogP contribution in [0.2, 0.25) is 0 Å². The molecule has 43 heavy (non-hydrogen) atoms. The fourth-order valence-electron chi connectivity index (χ4n) is 6.61. The van der Waals surface area contributed by atoms with Gasteiger partial charge < -0.3 is 9.30 Å². The minimum absolute atomic E-state index is 0.136. The standard InChI is InChI=1S/C34H31ClN4O4/c1-20-23-13-17-37(29(40)10-6-14-35)28(19-36)30(23)21(2)31-26-18-22(43-3)11-12-27(26)38(32(20)31)15-7-16-39-33(41)24-8-4-5-9-25(24)34(39)42/h4-5,8-9,11-13,17-18,28H,6-7,10,14-16H2,1-3H3. The molecule has 0 fully saturated rings. The number of nitriles is 1. The average Bonchev–Trinajstić information content (AvgIpc) is 3.48. The van der Waals surface area contributed by atoms with Gasteiger partial charge in [0, 0.05) is 53.4 Å². The second-order valence-electron chi connectivity index (χ2n) is 10.9. The molecule has 3 aromatic carbocycles. The number of hydrogen-bond acceptors (Lipinski definition) is 5. The lowest BCUT2D eigenvalue weighted by molar-refractivity contribution is -0.129. The van der Waals surface area contributed by atoms with E-state index in [0.29, 0.717) is 48.7 Å². The molecule has 0 saturated carbocycles. The van der Waals surface area contributed by atoms with Crippen LogP contribution in [-0.2, 0) is 11.3 Å². The Labute approximate surface area is 254 Å². The van der Waals surface area contributed by atoms with Crippen molar-refractivity contribution in [3.8, 4) is 11.8 Å². The van der Waals surface area contributed by atoms with E-state index >= 15 is 0 Å². The first-order chi connectivity index (χ1) is 20.8. The molecule has 2 aliphatic rings. The minimum Gasteiger partial charge on any atom is -0.497 e. The molecule has 2 aliphatic heterocycles. The molecule has 8 nitrogen and oxygen atoms in total. The van der Waals surface area contributed by atoms with Gasteiger partial charge >= 0.3 is 0 Å². The van der Waals surface area contributed by atoms with E-state index in [2.05, 4.69) is 10.6 Å². The quantitative estimate of drug-likeness (QED) is 0.171. The summed E-state index contributed by atoms with van der Waals surface area (Å²) in [7, 11) is 1.63. The van der Waals surface area contributed by atoms with E-state index in [1.807, 2.05) is 38.1 Å². The molecule has 6 rings (SSSR count). The van der Waals surface area contributed by atoms with Crippen molar-refractivity contribution in [1.29, 1.82) is 5.26 Å². The number of aromatic nitrogens is 1. The van der Waals surface area contributed by atoms with E-state index in [0.717, 1.165) is 44.1 Å². The monoisotopic (exact) mass is 594 g/mol. The summed E-state index contributed by atoms with van der Waals surface area (Å²) in [5.41, 5.74) is 6.57. The van der Waals surface area contributed by atoms with Gasteiger partial charge in [-0.05, 0) is 79.8 Å². The molecule has 0 spiro atoms. The lowest BCUT2D eigenvalue weighted by atomic mass is 9.86. The largest absolute Gasteiger partial charge is 0.497 e. The van der Waals surface area contributed by atoms with Crippen molar-refractivity contribution in [2.75, 3.05) is 19.5 Å². The Morgan fingerprint density at radius 3 is 2.40 bits per heavy atom. The van der Waals surface area contributed by atoms with Gasteiger partial charge in [-0.2, -0.15) is 5.26 Å². The van der Waals surface area contributed by atoms with E-state index in [-0.39, 0.29) is 24.1 Å². The van der Waals surface area contributed by atoms with Crippen molar-refractivity contribution >= 4 is 57.2 Å². The number of carbonyl (C=O) groups excluding carboxylic acids is 3. The van der Waals surface area contributed by atoms with Gasteiger partial charge in [0.05, 0.1) is 29.8 Å². The predicted molar refractivity (Wildman–Crippen MR) is 166 cm³/mol.